The molecule has 124 valence electrons. The van der Waals surface area contributed by atoms with Gasteiger partial charge in [-0.3, -0.25) is 0 Å². The van der Waals surface area contributed by atoms with Gasteiger partial charge in [-0.2, -0.15) is 0 Å². The zero-order valence-corrected chi connectivity index (χ0v) is 12.5. The minimum Gasteiger partial charge on any atom is -0.497 e. The molecule has 2 N–H and O–H groups in total. The van der Waals surface area contributed by atoms with Crippen molar-refractivity contribution in [1.29, 1.82) is 0 Å². The zero-order valence-electron chi connectivity index (χ0n) is 12.5. The largest absolute Gasteiger partial charge is 0.497 e. The monoisotopic (exact) mass is 322 g/mol. The van der Waals surface area contributed by atoms with Crippen LogP contribution in [-0.4, -0.2) is 60.6 Å². The second-order valence-electron chi connectivity index (χ2n) is 5.47. The number of methoxy groups -OCH3 is 1. The molecule has 2 aliphatic rings. The third-order valence-corrected chi connectivity index (χ3v) is 3.86. The van der Waals surface area contributed by atoms with Crippen molar-refractivity contribution in [3.05, 3.63) is 35.9 Å². The first-order chi connectivity index (χ1) is 11.0. The number of benzene rings is 1. The molecule has 0 bridgehead atoms. The van der Waals surface area contributed by atoms with Crippen molar-refractivity contribution in [2.24, 2.45) is 0 Å². The molecule has 2 saturated heterocycles. The summed E-state index contributed by atoms with van der Waals surface area (Å²) in [7, 11) is 1.57. The lowest BCUT2D eigenvalue weighted by molar-refractivity contribution is -0.233. The topological polar surface area (TPSA) is 94.5 Å². The lowest BCUT2D eigenvalue weighted by Crippen LogP contribution is -2.47. The van der Waals surface area contributed by atoms with Crippen molar-refractivity contribution in [2.45, 2.75) is 24.1 Å². The summed E-state index contributed by atoms with van der Waals surface area (Å²) >= 11 is 0. The van der Waals surface area contributed by atoms with Gasteiger partial charge in [-0.15, -0.1) is 0 Å². The van der Waals surface area contributed by atoms with Gasteiger partial charge in [0.1, 0.15) is 24.6 Å². The standard InChI is InChI=1S/C16H18O7/c1-20-11-5-2-10(3-6-11)4-7-13(18)23-16(19)9-22-14-12(17)8-21-15(14)16/h2-7,12,14-15,17,19H,8-9H2,1H3/b7-4+/t12-,14-,15+,16+/m1/s1. The Bertz CT molecular complexity index is 597. The van der Waals surface area contributed by atoms with Crippen LogP contribution < -0.4 is 4.74 Å². The molecule has 0 radical (unpaired) electrons. The molecule has 23 heavy (non-hydrogen) atoms. The molecule has 0 spiro atoms. The molecule has 3 rings (SSSR count). The quantitative estimate of drug-likeness (QED) is 0.461. The fourth-order valence-electron chi connectivity index (χ4n) is 2.65. The summed E-state index contributed by atoms with van der Waals surface area (Å²) < 4.78 is 20.6. The van der Waals surface area contributed by atoms with Crippen molar-refractivity contribution in [3.8, 4) is 5.75 Å². The van der Waals surface area contributed by atoms with E-state index in [0.717, 1.165) is 5.56 Å². The van der Waals surface area contributed by atoms with E-state index in [9.17, 15) is 15.0 Å². The SMILES string of the molecule is COc1ccc(/C=C/C(=O)O[C@@]2(O)CO[C@@H]3[C@H](O)CO[C@@H]32)cc1. The van der Waals surface area contributed by atoms with Gasteiger partial charge < -0.3 is 29.2 Å². The number of hydrogen-bond donors (Lipinski definition) is 2. The number of esters is 1. The van der Waals surface area contributed by atoms with Crippen molar-refractivity contribution in [3.63, 3.8) is 0 Å². The fourth-order valence-corrected chi connectivity index (χ4v) is 2.65. The molecular weight excluding hydrogens is 304 g/mol. The van der Waals surface area contributed by atoms with Crippen molar-refractivity contribution >= 4 is 12.0 Å². The molecule has 0 saturated carbocycles. The number of hydrogen-bond acceptors (Lipinski definition) is 7. The highest BCUT2D eigenvalue weighted by Gasteiger charge is 2.58. The molecule has 2 heterocycles. The highest BCUT2D eigenvalue weighted by molar-refractivity contribution is 5.87. The number of ether oxygens (including phenoxy) is 4. The van der Waals surface area contributed by atoms with Crippen molar-refractivity contribution in [2.75, 3.05) is 20.3 Å². The summed E-state index contributed by atoms with van der Waals surface area (Å²) in [4.78, 5) is 11.9. The lowest BCUT2D eigenvalue weighted by atomic mass is 10.1. The predicted molar refractivity (Wildman–Crippen MR) is 78.6 cm³/mol. The fraction of sp³-hybridized carbons (Fsp3) is 0.438. The van der Waals surface area contributed by atoms with Crippen LogP contribution >= 0.6 is 0 Å². The van der Waals surface area contributed by atoms with Gasteiger partial charge in [0.25, 0.3) is 5.79 Å². The average Bonchev–Trinajstić information content (AvgIpc) is 3.08. The van der Waals surface area contributed by atoms with Gasteiger partial charge in [0.05, 0.1) is 13.7 Å². The van der Waals surface area contributed by atoms with E-state index in [4.69, 9.17) is 18.9 Å². The minimum atomic E-state index is -1.89. The van der Waals surface area contributed by atoms with Crippen molar-refractivity contribution < 1.29 is 34.0 Å². The first-order valence-corrected chi connectivity index (χ1v) is 7.20. The van der Waals surface area contributed by atoms with Gasteiger partial charge in [-0.05, 0) is 23.8 Å². The first-order valence-electron chi connectivity index (χ1n) is 7.20. The number of aliphatic hydroxyl groups is 2. The van der Waals surface area contributed by atoms with E-state index in [0.29, 0.717) is 5.75 Å². The maximum Gasteiger partial charge on any atom is 0.333 e. The van der Waals surface area contributed by atoms with Gasteiger partial charge in [0.15, 0.2) is 6.10 Å². The van der Waals surface area contributed by atoms with Crippen molar-refractivity contribution in [1.82, 2.24) is 0 Å². The number of carbonyl (C=O) groups is 1. The number of aliphatic hydroxyl groups excluding tert-OH is 1. The summed E-state index contributed by atoms with van der Waals surface area (Å²) in [6, 6.07) is 7.09. The van der Waals surface area contributed by atoms with Crippen LogP contribution in [0.4, 0.5) is 0 Å². The Labute approximate surface area is 133 Å². The second-order valence-corrected chi connectivity index (χ2v) is 5.47. The van der Waals surface area contributed by atoms with E-state index in [1.165, 1.54) is 6.08 Å². The van der Waals surface area contributed by atoms with Gasteiger partial charge >= 0.3 is 5.97 Å². The molecule has 0 amide bonds. The van der Waals surface area contributed by atoms with Crippen LogP contribution in [0.15, 0.2) is 30.3 Å². The molecule has 7 heteroatoms. The molecule has 2 aliphatic heterocycles. The molecule has 0 unspecified atom stereocenters. The van der Waals surface area contributed by atoms with E-state index in [-0.39, 0.29) is 13.2 Å². The van der Waals surface area contributed by atoms with E-state index in [2.05, 4.69) is 0 Å². The van der Waals surface area contributed by atoms with Gasteiger partial charge in [-0.25, -0.2) is 4.79 Å². The summed E-state index contributed by atoms with van der Waals surface area (Å²) in [5, 5.41) is 20.0. The van der Waals surface area contributed by atoms with E-state index >= 15 is 0 Å². The highest BCUT2D eigenvalue weighted by atomic mass is 16.7. The molecule has 1 aromatic carbocycles. The van der Waals surface area contributed by atoms with Gasteiger partial charge in [0.2, 0.25) is 0 Å². The smallest absolute Gasteiger partial charge is 0.333 e. The third kappa shape index (κ3) is 3.23. The Morgan fingerprint density at radius 2 is 2.09 bits per heavy atom. The molecule has 1 aromatic rings. The lowest BCUT2D eigenvalue weighted by Gasteiger charge is -2.25. The van der Waals surface area contributed by atoms with Crippen LogP contribution in [0, 0.1) is 0 Å². The molecule has 2 fully saturated rings. The minimum absolute atomic E-state index is 0.0386. The number of rotatable bonds is 4. The Morgan fingerprint density at radius 3 is 2.78 bits per heavy atom. The second kappa shape index (κ2) is 6.29. The summed E-state index contributed by atoms with van der Waals surface area (Å²) in [5.41, 5.74) is 0.780. The Kier molecular flexibility index (Phi) is 4.36. The molecule has 0 aliphatic carbocycles. The zero-order chi connectivity index (χ0) is 16.4. The van der Waals surface area contributed by atoms with E-state index < -0.39 is 30.1 Å². The molecular formula is C16H18O7. The first kappa shape index (κ1) is 15.9. The highest BCUT2D eigenvalue weighted by Crippen LogP contribution is 2.35. The van der Waals surface area contributed by atoms with E-state index in [1.54, 1.807) is 37.5 Å². The maximum absolute atomic E-state index is 11.9. The Hall–Kier alpha value is -1.93. The van der Waals surface area contributed by atoms with Crippen LogP contribution in [0.1, 0.15) is 5.56 Å². The van der Waals surface area contributed by atoms with Crippen LogP contribution in [-0.2, 0) is 19.0 Å². The predicted octanol–water partition coefficient (Wildman–Crippen LogP) is 0.0987. The number of fused-ring (bicyclic) bond motifs is 1. The van der Waals surface area contributed by atoms with E-state index in [1.807, 2.05) is 0 Å². The Morgan fingerprint density at radius 1 is 1.35 bits per heavy atom. The van der Waals surface area contributed by atoms with Crippen LogP contribution in [0.3, 0.4) is 0 Å². The normalized spacial score (nSPS) is 32.9. The van der Waals surface area contributed by atoms with Gasteiger partial charge in [0, 0.05) is 6.08 Å². The van der Waals surface area contributed by atoms with Crippen LogP contribution in [0.2, 0.25) is 0 Å². The Balaban J connectivity index is 1.61. The van der Waals surface area contributed by atoms with Gasteiger partial charge in [-0.1, -0.05) is 12.1 Å². The molecule has 7 nitrogen and oxygen atoms in total. The average molecular weight is 322 g/mol. The molecule has 0 aromatic heterocycles. The summed E-state index contributed by atoms with van der Waals surface area (Å²) in [6.45, 7) is -0.196. The third-order valence-electron chi connectivity index (χ3n) is 3.86. The van der Waals surface area contributed by atoms with Crippen LogP contribution in [0.5, 0.6) is 5.75 Å². The molecule has 4 atom stereocenters. The number of carbonyl (C=O) groups excluding carboxylic acids is 1. The maximum atomic E-state index is 11.9. The summed E-state index contributed by atoms with van der Waals surface area (Å²) in [5.74, 6) is -1.90. The van der Waals surface area contributed by atoms with Crippen LogP contribution in [0.25, 0.3) is 6.08 Å². The summed E-state index contributed by atoms with van der Waals surface area (Å²) in [6.07, 6.45) is 0.373.